The first kappa shape index (κ1) is 17.4. The van der Waals surface area contributed by atoms with Gasteiger partial charge in [-0.2, -0.15) is 0 Å². The topological polar surface area (TPSA) is 43.8 Å². The third-order valence-corrected chi connectivity index (χ3v) is 4.82. The summed E-state index contributed by atoms with van der Waals surface area (Å²) in [6.45, 7) is 8.72. The van der Waals surface area contributed by atoms with Gasteiger partial charge in [0.1, 0.15) is 0 Å². The van der Waals surface area contributed by atoms with Gasteiger partial charge in [-0.3, -0.25) is 4.79 Å². The Morgan fingerprint density at radius 2 is 1.75 bits per heavy atom. The summed E-state index contributed by atoms with van der Waals surface area (Å²) in [5, 5.41) is 9.49. The highest BCUT2D eigenvalue weighted by molar-refractivity contribution is 5.71. The fourth-order valence-corrected chi connectivity index (χ4v) is 3.23. The number of hydrogen-bond acceptors (Lipinski definition) is 3. The van der Waals surface area contributed by atoms with Gasteiger partial charge in [0.15, 0.2) is 0 Å². The summed E-state index contributed by atoms with van der Waals surface area (Å²) < 4.78 is 0. The number of likely N-dealkylation sites (N-methyl/N-ethyl adjacent to an activating group) is 2. The zero-order valence-electron chi connectivity index (χ0n) is 14.0. The van der Waals surface area contributed by atoms with E-state index >= 15 is 0 Å². The second-order valence-electron chi connectivity index (χ2n) is 7.67. The SMILES string of the molecule is CN(C)CCN(C)C1CC(C(C)(C)C)CCC1C(=O)O. The highest BCUT2D eigenvalue weighted by Gasteiger charge is 2.40. The normalized spacial score (nSPS) is 28.1. The Balaban J connectivity index is 2.75. The maximum absolute atomic E-state index is 11.5. The lowest BCUT2D eigenvalue weighted by Gasteiger charge is -2.44. The first-order valence-corrected chi connectivity index (χ1v) is 7.70. The van der Waals surface area contributed by atoms with Crippen LogP contribution in [0.3, 0.4) is 0 Å². The van der Waals surface area contributed by atoms with Crippen LogP contribution < -0.4 is 0 Å². The van der Waals surface area contributed by atoms with Crippen molar-refractivity contribution in [2.45, 2.75) is 46.1 Å². The largest absolute Gasteiger partial charge is 0.481 e. The van der Waals surface area contributed by atoms with Crippen LogP contribution in [0.5, 0.6) is 0 Å². The molecule has 0 spiro atoms. The summed E-state index contributed by atoms with van der Waals surface area (Å²) in [7, 11) is 6.19. The zero-order valence-corrected chi connectivity index (χ0v) is 14.0. The van der Waals surface area contributed by atoms with Crippen LogP contribution in [0, 0.1) is 17.3 Å². The molecule has 0 aromatic rings. The molecule has 0 aliphatic heterocycles. The number of carboxylic acid groups (broad SMARTS) is 1. The van der Waals surface area contributed by atoms with E-state index in [2.05, 4.69) is 51.7 Å². The number of carboxylic acids is 1. The highest BCUT2D eigenvalue weighted by Crippen LogP contribution is 2.41. The summed E-state index contributed by atoms with van der Waals surface area (Å²) >= 11 is 0. The first-order chi connectivity index (χ1) is 9.12. The molecule has 0 aromatic heterocycles. The molecule has 0 radical (unpaired) electrons. The molecule has 0 aromatic carbocycles. The molecule has 118 valence electrons. The third kappa shape index (κ3) is 4.74. The summed E-state index contributed by atoms with van der Waals surface area (Å²) in [5.41, 5.74) is 0.268. The quantitative estimate of drug-likeness (QED) is 0.842. The molecule has 0 saturated heterocycles. The fraction of sp³-hybridized carbons (Fsp3) is 0.938. The van der Waals surface area contributed by atoms with E-state index in [4.69, 9.17) is 0 Å². The lowest BCUT2D eigenvalue weighted by atomic mass is 9.67. The smallest absolute Gasteiger partial charge is 0.308 e. The molecule has 1 fully saturated rings. The van der Waals surface area contributed by atoms with Crippen LogP contribution in [0.2, 0.25) is 0 Å². The molecule has 0 bridgehead atoms. The van der Waals surface area contributed by atoms with Crippen LogP contribution in [0.1, 0.15) is 40.0 Å². The van der Waals surface area contributed by atoms with E-state index in [1.807, 2.05) is 0 Å². The van der Waals surface area contributed by atoms with E-state index in [1.165, 1.54) is 0 Å². The molecule has 0 amide bonds. The summed E-state index contributed by atoms with van der Waals surface area (Å²) in [6, 6.07) is 0.172. The minimum absolute atomic E-state index is 0.172. The molecule has 1 saturated carbocycles. The van der Waals surface area contributed by atoms with E-state index < -0.39 is 5.97 Å². The Labute approximate surface area is 124 Å². The zero-order chi connectivity index (χ0) is 15.5. The molecule has 20 heavy (non-hydrogen) atoms. The van der Waals surface area contributed by atoms with Crippen molar-refractivity contribution in [3.05, 3.63) is 0 Å². The first-order valence-electron chi connectivity index (χ1n) is 7.70. The minimum atomic E-state index is -0.626. The average Bonchev–Trinajstić information content (AvgIpc) is 2.33. The minimum Gasteiger partial charge on any atom is -0.481 e. The molecule has 1 aliphatic carbocycles. The molecule has 3 unspecified atom stereocenters. The van der Waals surface area contributed by atoms with Crippen LogP contribution in [0.15, 0.2) is 0 Å². The van der Waals surface area contributed by atoms with Crippen LogP contribution in [-0.2, 0) is 4.79 Å². The summed E-state index contributed by atoms with van der Waals surface area (Å²) in [4.78, 5) is 15.9. The second-order valence-corrected chi connectivity index (χ2v) is 7.67. The van der Waals surface area contributed by atoms with Gasteiger partial charge < -0.3 is 14.9 Å². The van der Waals surface area contributed by atoms with Gasteiger partial charge in [-0.15, -0.1) is 0 Å². The standard InChI is InChI=1S/C16H32N2O2/c1-16(2,3)12-7-8-13(15(19)20)14(11-12)18(6)10-9-17(4)5/h12-14H,7-11H2,1-6H3,(H,19,20). The Hall–Kier alpha value is -0.610. The lowest BCUT2D eigenvalue weighted by molar-refractivity contribution is -0.146. The number of nitrogens with zero attached hydrogens (tertiary/aromatic N) is 2. The summed E-state index contributed by atoms with van der Waals surface area (Å²) in [6.07, 6.45) is 2.86. The molecule has 4 nitrogen and oxygen atoms in total. The number of rotatable bonds is 5. The maximum atomic E-state index is 11.5. The average molecular weight is 284 g/mol. The van der Waals surface area contributed by atoms with Crippen molar-refractivity contribution >= 4 is 5.97 Å². The van der Waals surface area contributed by atoms with Crippen LogP contribution in [-0.4, -0.2) is 61.2 Å². The number of aliphatic carboxylic acids is 1. The predicted molar refractivity (Wildman–Crippen MR) is 82.9 cm³/mol. The number of hydrogen-bond donors (Lipinski definition) is 1. The van der Waals surface area contributed by atoms with Crippen molar-refractivity contribution in [3.63, 3.8) is 0 Å². The molecule has 1 rings (SSSR count). The monoisotopic (exact) mass is 284 g/mol. The van der Waals surface area contributed by atoms with Gasteiger partial charge in [0, 0.05) is 19.1 Å². The fourth-order valence-electron chi connectivity index (χ4n) is 3.23. The number of carbonyl (C=O) groups is 1. The van der Waals surface area contributed by atoms with Gasteiger partial charge in [-0.05, 0) is 51.7 Å². The Morgan fingerprint density at radius 1 is 1.15 bits per heavy atom. The van der Waals surface area contributed by atoms with Crippen molar-refractivity contribution in [2.75, 3.05) is 34.2 Å². The third-order valence-electron chi connectivity index (χ3n) is 4.82. The maximum Gasteiger partial charge on any atom is 0.308 e. The van der Waals surface area contributed by atoms with Crippen molar-refractivity contribution < 1.29 is 9.90 Å². The molecule has 1 N–H and O–H groups in total. The summed E-state index contributed by atoms with van der Waals surface area (Å²) in [5.74, 6) is -0.218. The van der Waals surface area contributed by atoms with E-state index in [-0.39, 0.29) is 17.4 Å². The van der Waals surface area contributed by atoms with Crippen LogP contribution in [0.4, 0.5) is 0 Å². The molecule has 0 heterocycles. The second kappa shape index (κ2) is 6.90. The molecular formula is C16H32N2O2. The lowest BCUT2D eigenvalue weighted by Crippen LogP contribution is -2.48. The van der Waals surface area contributed by atoms with Crippen molar-refractivity contribution in [1.29, 1.82) is 0 Å². The van der Waals surface area contributed by atoms with Gasteiger partial charge in [-0.1, -0.05) is 20.8 Å². The Morgan fingerprint density at radius 3 is 2.20 bits per heavy atom. The van der Waals surface area contributed by atoms with Gasteiger partial charge in [0.25, 0.3) is 0 Å². The molecule has 1 aliphatic rings. The van der Waals surface area contributed by atoms with Crippen LogP contribution in [0.25, 0.3) is 0 Å². The molecular weight excluding hydrogens is 252 g/mol. The van der Waals surface area contributed by atoms with E-state index in [0.717, 1.165) is 32.4 Å². The van der Waals surface area contributed by atoms with Crippen LogP contribution >= 0.6 is 0 Å². The highest BCUT2D eigenvalue weighted by atomic mass is 16.4. The van der Waals surface area contributed by atoms with Gasteiger partial charge in [-0.25, -0.2) is 0 Å². The van der Waals surface area contributed by atoms with E-state index in [1.54, 1.807) is 0 Å². The van der Waals surface area contributed by atoms with Gasteiger partial charge >= 0.3 is 5.97 Å². The van der Waals surface area contributed by atoms with Crippen molar-refractivity contribution in [3.8, 4) is 0 Å². The van der Waals surface area contributed by atoms with E-state index in [9.17, 15) is 9.90 Å². The van der Waals surface area contributed by atoms with Gasteiger partial charge in [0.05, 0.1) is 5.92 Å². The van der Waals surface area contributed by atoms with E-state index in [0.29, 0.717) is 5.92 Å². The van der Waals surface area contributed by atoms with Crippen molar-refractivity contribution in [2.24, 2.45) is 17.3 Å². The predicted octanol–water partition coefficient (Wildman–Crippen LogP) is 2.40. The van der Waals surface area contributed by atoms with Crippen molar-refractivity contribution in [1.82, 2.24) is 9.80 Å². The Kier molecular flexibility index (Phi) is 6.02. The van der Waals surface area contributed by atoms with Gasteiger partial charge in [0.2, 0.25) is 0 Å². The molecule has 4 heteroatoms. The Bertz CT molecular complexity index is 323. The molecule has 3 atom stereocenters.